The number of nitro groups is 1. The Morgan fingerprint density at radius 2 is 1.89 bits per heavy atom. The molecule has 186 valence electrons. The molecule has 2 heterocycles. The number of hydrogen-bond acceptors (Lipinski definition) is 6. The molecule has 0 spiro atoms. The number of thiophene rings is 1. The summed E-state index contributed by atoms with van der Waals surface area (Å²) in [5.74, 6) is -1.57. The van der Waals surface area contributed by atoms with Gasteiger partial charge in [0, 0.05) is 51.1 Å². The Bertz CT molecular complexity index is 1720. The molecular formula is C27H19ClN2O6S. The number of halogens is 1. The Morgan fingerprint density at radius 1 is 1.08 bits per heavy atom. The highest BCUT2D eigenvalue weighted by Crippen LogP contribution is 2.35. The van der Waals surface area contributed by atoms with Crippen LogP contribution in [0.5, 0.6) is 0 Å². The largest absolute Gasteiger partial charge is 0.481 e. The first-order valence-electron chi connectivity index (χ1n) is 11.1. The molecule has 5 aromatic rings. The van der Waals surface area contributed by atoms with E-state index in [2.05, 4.69) is 0 Å². The first kappa shape index (κ1) is 24.5. The van der Waals surface area contributed by atoms with Gasteiger partial charge in [-0.15, -0.1) is 11.3 Å². The topological polar surface area (TPSA) is 112 Å². The average molecular weight is 535 g/mol. The van der Waals surface area contributed by atoms with Crippen LogP contribution in [-0.4, -0.2) is 33.6 Å². The first-order valence-corrected chi connectivity index (χ1v) is 12.4. The Hall–Kier alpha value is -4.21. The van der Waals surface area contributed by atoms with Crippen molar-refractivity contribution < 1.29 is 24.4 Å². The molecule has 37 heavy (non-hydrogen) atoms. The van der Waals surface area contributed by atoms with Gasteiger partial charge in [-0.3, -0.25) is 14.9 Å². The molecule has 2 aromatic heterocycles. The van der Waals surface area contributed by atoms with Gasteiger partial charge in [-0.1, -0.05) is 23.7 Å². The van der Waals surface area contributed by atoms with Crippen molar-refractivity contribution in [2.75, 3.05) is 7.11 Å². The van der Waals surface area contributed by atoms with Crippen LogP contribution in [-0.2, 0) is 22.5 Å². The number of nitrogens with zero attached hydrogens (tertiary/aromatic N) is 2. The summed E-state index contributed by atoms with van der Waals surface area (Å²) in [6.45, 7) is 0.457. The molecule has 0 aliphatic rings. The van der Waals surface area contributed by atoms with Crippen molar-refractivity contribution in [3.8, 4) is 11.1 Å². The number of rotatable bonds is 7. The van der Waals surface area contributed by atoms with Crippen LogP contribution in [0, 0.1) is 10.1 Å². The molecule has 0 bridgehead atoms. The highest BCUT2D eigenvalue weighted by molar-refractivity contribution is 7.17. The lowest BCUT2D eigenvalue weighted by atomic mass is 9.97. The van der Waals surface area contributed by atoms with Gasteiger partial charge < -0.3 is 14.4 Å². The molecule has 0 fully saturated rings. The summed E-state index contributed by atoms with van der Waals surface area (Å²) >= 11 is 7.83. The van der Waals surface area contributed by atoms with E-state index in [0.717, 1.165) is 26.6 Å². The zero-order valence-electron chi connectivity index (χ0n) is 19.4. The van der Waals surface area contributed by atoms with Gasteiger partial charge in [0.25, 0.3) is 5.69 Å². The summed E-state index contributed by atoms with van der Waals surface area (Å²) in [6, 6.07) is 15.0. The first-order chi connectivity index (χ1) is 17.7. The highest BCUT2D eigenvalue weighted by Gasteiger charge is 2.20. The minimum absolute atomic E-state index is 0.161. The van der Waals surface area contributed by atoms with Gasteiger partial charge in [0.15, 0.2) is 0 Å². The van der Waals surface area contributed by atoms with Gasteiger partial charge >= 0.3 is 11.9 Å². The molecule has 0 amide bonds. The third-order valence-electron chi connectivity index (χ3n) is 6.19. The standard InChI is InChI=1S/C27H19ClN2O6S/c1-36-27(33)21-6-4-19(30(34)35)11-22(21)15-2-5-20-16(9-26(31)32)12-29(24(20)8-15)13-17-14-37-25-7-3-18(28)10-23(17)25/h2-8,10-12,14H,9,13H2,1H3,(H,31,32). The molecule has 0 saturated carbocycles. The van der Waals surface area contributed by atoms with E-state index in [4.69, 9.17) is 16.3 Å². The number of esters is 1. The SMILES string of the molecule is COC(=O)c1ccc([N+](=O)[O-])cc1-c1ccc2c(CC(=O)O)cn(Cc3csc4ccc(Cl)cc34)c2c1. The fourth-order valence-corrected chi connectivity index (χ4v) is 5.61. The third-order valence-corrected chi connectivity index (χ3v) is 7.44. The second-order valence-electron chi connectivity index (χ2n) is 8.46. The van der Waals surface area contributed by atoms with Gasteiger partial charge in [0.2, 0.25) is 0 Å². The minimum Gasteiger partial charge on any atom is -0.481 e. The van der Waals surface area contributed by atoms with Gasteiger partial charge in [0.05, 0.1) is 24.0 Å². The summed E-state index contributed by atoms with van der Waals surface area (Å²) in [7, 11) is 1.25. The molecule has 5 rings (SSSR count). The van der Waals surface area contributed by atoms with E-state index in [1.165, 1.54) is 25.3 Å². The summed E-state index contributed by atoms with van der Waals surface area (Å²) in [5.41, 5.74) is 3.34. The van der Waals surface area contributed by atoms with Crippen LogP contribution >= 0.6 is 22.9 Å². The fraction of sp³-hybridized carbons (Fsp3) is 0.111. The number of benzene rings is 3. The number of carbonyl (C=O) groups is 2. The van der Waals surface area contributed by atoms with Crippen molar-refractivity contribution in [3.05, 3.63) is 98.0 Å². The molecule has 0 unspecified atom stereocenters. The number of fused-ring (bicyclic) bond motifs is 2. The van der Waals surface area contributed by atoms with Crippen LogP contribution in [0.1, 0.15) is 21.5 Å². The number of carboxylic acid groups (broad SMARTS) is 1. The Morgan fingerprint density at radius 3 is 2.62 bits per heavy atom. The molecule has 8 nitrogen and oxygen atoms in total. The maximum atomic E-state index is 12.4. The molecule has 10 heteroatoms. The van der Waals surface area contributed by atoms with Gasteiger partial charge in [-0.2, -0.15) is 0 Å². The molecule has 0 aliphatic carbocycles. The summed E-state index contributed by atoms with van der Waals surface area (Å²) in [5, 5.41) is 25.3. The number of methoxy groups -OCH3 is 1. The highest BCUT2D eigenvalue weighted by atomic mass is 35.5. The molecule has 0 saturated heterocycles. The molecule has 1 N–H and O–H groups in total. The summed E-state index contributed by atoms with van der Waals surface area (Å²) in [6.07, 6.45) is 1.65. The number of aromatic nitrogens is 1. The van der Waals surface area contributed by atoms with Crippen molar-refractivity contribution in [2.45, 2.75) is 13.0 Å². The second-order valence-corrected chi connectivity index (χ2v) is 9.81. The number of nitro benzene ring substituents is 1. The van der Waals surface area contributed by atoms with E-state index in [0.29, 0.717) is 28.3 Å². The molecule has 0 aliphatic heterocycles. The van der Waals surface area contributed by atoms with Gasteiger partial charge in [-0.05, 0) is 57.8 Å². The second kappa shape index (κ2) is 9.68. The van der Waals surface area contributed by atoms with Crippen LogP contribution in [0.4, 0.5) is 5.69 Å². The molecule has 3 aromatic carbocycles. The van der Waals surface area contributed by atoms with E-state index in [1.54, 1.807) is 23.5 Å². The average Bonchev–Trinajstić information content (AvgIpc) is 3.43. The Kier molecular flexibility index (Phi) is 6.41. The Labute approximate surface area is 219 Å². The molecular weight excluding hydrogens is 516 g/mol. The zero-order chi connectivity index (χ0) is 26.3. The zero-order valence-corrected chi connectivity index (χ0v) is 21.0. The lowest BCUT2D eigenvalue weighted by Crippen LogP contribution is -2.04. The normalized spacial score (nSPS) is 11.2. The lowest BCUT2D eigenvalue weighted by Gasteiger charge is -2.10. The van der Waals surface area contributed by atoms with Crippen LogP contribution in [0.2, 0.25) is 5.02 Å². The van der Waals surface area contributed by atoms with Crippen LogP contribution in [0.15, 0.2) is 66.2 Å². The van der Waals surface area contributed by atoms with Crippen molar-refractivity contribution in [1.29, 1.82) is 0 Å². The Balaban J connectivity index is 1.69. The summed E-state index contributed by atoms with van der Waals surface area (Å²) in [4.78, 5) is 34.9. The fourth-order valence-electron chi connectivity index (χ4n) is 4.50. The third kappa shape index (κ3) is 4.66. The van der Waals surface area contributed by atoms with E-state index in [9.17, 15) is 24.8 Å². The van der Waals surface area contributed by atoms with Crippen molar-refractivity contribution in [2.24, 2.45) is 0 Å². The number of hydrogen-bond donors (Lipinski definition) is 1. The number of aliphatic carboxylic acids is 1. The minimum atomic E-state index is -0.956. The molecule has 0 atom stereocenters. The number of carboxylic acids is 1. The van der Waals surface area contributed by atoms with Crippen LogP contribution in [0.25, 0.3) is 32.1 Å². The van der Waals surface area contributed by atoms with E-state index < -0.39 is 16.9 Å². The number of ether oxygens (including phenoxy) is 1. The maximum Gasteiger partial charge on any atom is 0.338 e. The molecule has 0 radical (unpaired) electrons. The predicted molar refractivity (Wildman–Crippen MR) is 143 cm³/mol. The van der Waals surface area contributed by atoms with Crippen molar-refractivity contribution in [1.82, 2.24) is 4.57 Å². The van der Waals surface area contributed by atoms with E-state index in [1.807, 2.05) is 40.4 Å². The van der Waals surface area contributed by atoms with Crippen LogP contribution < -0.4 is 0 Å². The van der Waals surface area contributed by atoms with Crippen molar-refractivity contribution >= 4 is 61.6 Å². The quantitative estimate of drug-likeness (QED) is 0.144. The van der Waals surface area contributed by atoms with Crippen LogP contribution in [0.3, 0.4) is 0 Å². The lowest BCUT2D eigenvalue weighted by molar-refractivity contribution is -0.384. The monoisotopic (exact) mass is 534 g/mol. The maximum absolute atomic E-state index is 12.4. The van der Waals surface area contributed by atoms with E-state index in [-0.39, 0.29) is 17.7 Å². The smallest absolute Gasteiger partial charge is 0.338 e. The van der Waals surface area contributed by atoms with Crippen molar-refractivity contribution in [3.63, 3.8) is 0 Å². The predicted octanol–water partition coefficient (Wildman–Crippen LogP) is 6.55. The number of carbonyl (C=O) groups excluding carboxylic acids is 1. The number of non-ortho nitro benzene ring substituents is 1. The summed E-state index contributed by atoms with van der Waals surface area (Å²) < 4.78 is 7.93. The van der Waals surface area contributed by atoms with E-state index >= 15 is 0 Å². The van der Waals surface area contributed by atoms with Gasteiger partial charge in [0.1, 0.15) is 0 Å². The van der Waals surface area contributed by atoms with Gasteiger partial charge in [-0.25, -0.2) is 4.79 Å².